The smallest absolute Gasteiger partial charge is 0.254 e. The molecule has 4 heteroatoms. The van der Waals surface area contributed by atoms with E-state index < -0.39 is 0 Å². The van der Waals surface area contributed by atoms with Crippen LogP contribution in [0.5, 0.6) is 5.75 Å². The highest BCUT2D eigenvalue weighted by molar-refractivity contribution is 6.08. The molecular weight excluding hydrogens is 408 g/mol. The lowest BCUT2D eigenvalue weighted by molar-refractivity contribution is 0.0764. The van der Waals surface area contributed by atoms with Gasteiger partial charge in [-0.2, -0.15) is 0 Å². The van der Waals surface area contributed by atoms with Crippen LogP contribution in [0.15, 0.2) is 66.9 Å². The third-order valence-corrected chi connectivity index (χ3v) is 6.83. The second kappa shape index (κ2) is 8.78. The normalized spacial score (nSPS) is 13.4. The first-order valence-corrected chi connectivity index (χ1v) is 11.6. The lowest BCUT2D eigenvalue weighted by Crippen LogP contribution is -2.33. The molecule has 0 saturated heterocycles. The van der Waals surface area contributed by atoms with Crippen molar-refractivity contribution in [3.63, 3.8) is 0 Å². The van der Waals surface area contributed by atoms with Gasteiger partial charge < -0.3 is 14.2 Å². The van der Waals surface area contributed by atoms with Crippen molar-refractivity contribution in [3.05, 3.63) is 100 Å². The van der Waals surface area contributed by atoms with Gasteiger partial charge in [0.25, 0.3) is 5.91 Å². The summed E-state index contributed by atoms with van der Waals surface area (Å²) in [7, 11) is 1.68. The average Bonchev–Trinajstić information content (AvgIpc) is 3.12. The fraction of sp³-hybridized carbons (Fsp3) is 0.276. The monoisotopic (exact) mass is 438 g/mol. The number of carbonyl (C=O) groups is 1. The molecule has 0 saturated carbocycles. The number of ether oxygens (including phenoxy) is 1. The lowest BCUT2D eigenvalue weighted by atomic mass is 10.0. The predicted octanol–water partition coefficient (Wildman–Crippen LogP) is 5.56. The highest BCUT2D eigenvalue weighted by Crippen LogP contribution is 2.30. The number of hydrogen-bond acceptors (Lipinski definition) is 2. The molecule has 0 atom stereocenters. The highest BCUT2D eigenvalue weighted by Gasteiger charge is 2.25. The van der Waals surface area contributed by atoms with Crippen LogP contribution >= 0.6 is 0 Å². The minimum Gasteiger partial charge on any atom is -0.497 e. The van der Waals surface area contributed by atoms with Crippen molar-refractivity contribution in [2.24, 2.45) is 0 Å². The van der Waals surface area contributed by atoms with Gasteiger partial charge in [-0.3, -0.25) is 4.79 Å². The van der Waals surface area contributed by atoms with Gasteiger partial charge in [0.1, 0.15) is 5.75 Å². The molecule has 1 aliphatic rings. The number of aryl methyl sites for hydroxylation is 2. The lowest BCUT2D eigenvalue weighted by Gasteiger charge is -2.21. The second-order valence-corrected chi connectivity index (χ2v) is 9.05. The zero-order valence-electron chi connectivity index (χ0n) is 19.6. The van der Waals surface area contributed by atoms with Crippen molar-refractivity contribution < 1.29 is 9.53 Å². The Bertz CT molecular complexity index is 1320. The molecule has 0 aliphatic carbocycles. The summed E-state index contributed by atoms with van der Waals surface area (Å²) in [6.07, 6.45) is 3.97. The van der Waals surface area contributed by atoms with E-state index in [-0.39, 0.29) is 5.91 Å². The average molecular weight is 439 g/mol. The first kappa shape index (κ1) is 21.3. The van der Waals surface area contributed by atoms with Gasteiger partial charge >= 0.3 is 0 Å². The zero-order chi connectivity index (χ0) is 22.9. The molecule has 0 bridgehead atoms. The van der Waals surface area contributed by atoms with Crippen LogP contribution in [0.25, 0.3) is 10.9 Å². The van der Waals surface area contributed by atoms with Crippen molar-refractivity contribution in [1.29, 1.82) is 0 Å². The Balaban J connectivity index is 1.41. The van der Waals surface area contributed by atoms with Crippen LogP contribution in [0.4, 0.5) is 0 Å². The van der Waals surface area contributed by atoms with E-state index in [1.54, 1.807) is 7.11 Å². The van der Waals surface area contributed by atoms with Crippen LogP contribution in [0.1, 0.15) is 38.2 Å². The van der Waals surface area contributed by atoms with E-state index in [9.17, 15) is 4.79 Å². The summed E-state index contributed by atoms with van der Waals surface area (Å²) in [5.41, 5.74) is 8.36. The molecule has 2 heterocycles. The van der Waals surface area contributed by atoms with Gasteiger partial charge in [-0.25, -0.2) is 0 Å². The third-order valence-electron chi connectivity index (χ3n) is 6.83. The van der Waals surface area contributed by atoms with Crippen molar-refractivity contribution in [2.45, 2.75) is 33.2 Å². The van der Waals surface area contributed by atoms with E-state index >= 15 is 0 Å². The molecule has 1 amide bonds. The van der Waals surface area contributed by atoms with Crippen LogP contribution in [0, 0.1) is 13.8 Å². The summed E-state index contributed by atoms with van der Waals surface area (Å²) >= 11 is 0. The maximum absolute atomic E-state index is 13.5. The molecule has 1 aromatic heterocycles. The Morgan fingerprint density at radius 2 is 1.82 bits per heavy atom. The quantitative estimate of drug-likeness (QED) is 0.395. The maximum atomic E-state index is 13.5. The Morgan fingerprint density at radius 1 is 1.00 bits per heavy atom. The number of rotatable bonds is 6. The molecule has 0 unspecified atom stereocenters. The van der Waals surface area contributed by atoms with Crippen molar-refractivity contribution >= 4 is 16.8 Å². The van der Waals surface area contributed by atoms with Crippen LogP contribution in [-0.2, 0) is 19.4 Å². The predicted molar refractivity (Wildman–Crippen MR) is 133 cm³/mol. The van der Waals surface area contributed by atoms with E-state index in [0.717, 1.165) is 48.1 Å². The third kappa shape index (κ3) is 4.13. The fourth-order valence-corrected chi connectivity index (χ4v) is 4.89. The minimum atomic E-state index is 0.136. The number of benzene rings is 3. The topological polar surface area (TPSA) is 34.5 Å². The van der Waals surface area contributed by atoms with E-state index in [2.05, 4.69) is 61.0 Å². The molecule has 4 nitrogen and oxygen atoms in total. The fourth-order valence-electron chi connectivity index (χ4n) is 4.89. The van der Waals surface area contributed by atoms with Crippen LogP contribution < -0.4 is 4.74 Å². The standard InChI is InChI=1S/C29H30N2O2/c1-20-7-8-21(2)24(17-20)19-31-18-23-14-16-30(15-13-22-9-11-25(33-3)12-10-22)29(32)26-5-4-6-27(31)28(23)26/h4-12,17-18H,13-16,19H2,1-3H3. The van der Waals surface area contributed by atoms with E-state index in [1.165, 1.54) is 27.8 Å². The van der Waals surface area contributed by atoms with Gasteiger partial charge in [0.05, 0.1) is 7.11 Å². The van der Waals surface area contributed by atoms with E-state index in [1.807, 2.05) is 29.2 Å². The first-order valence-electron chi connectivity index (χ1n) is 11.6. The molecule has 0 fully saturated rings. The number of amides is 1. The van der Waals surface area contributed by atoms with Crippen molar-refractivity contribution in [2.75, 3.05) is 20.2 Å². The summed E-state index contributed by atoms with van der Waals surface area (Å²) in [5, 5.41) is 1.12. The second-order valence-electron chi connectivity index (χ2n) is 9.05. The van der Waals surface area contributed by atoms with E-state index in [0.29, 0.717) is 6.54 Å². The van der Waals surface area contributed by atoms with Crippen LogP contribution in [0.3, 0.4) is 0 Å². The summed E-state index contributed by atoms with van der Waals surface area (Å²) in [5.74, 6) is 0.991. The number of hydrogen-bond donors (Lipinski definition) is 0. The number of methoxy groups -OCH3 is 1. The number of carbonyl (C=O) groups excluding carboxylic acids is 1. The summed E-state index contributed by atoms with van der Waals surface area (Å²) in [6, 6.07) is 20.9. The summed E-state index contributed by atoms with van der Waals surface area (Å²) in [6.45, 7) is 6.58. The van der Waals surface area contributed by atoms with E-state index in [4.69, 9.17) is 4.74 Å². The molecule has 3 aromatic carbocycles. The zero-order valence-corrected chi connectivity index (χ0v) is 19.6. The van der Waals surface area contributed by atoms with Gasteiger partial charge in [-0.05, 0) is 73.2 Å². The molecule has 0 radical (unpaired) electrons. The Hall–Kier alpha value is -3.53. The Labute approximate surface area is 195 Å². The number of nitrogens with zero attached hydrogens (tertiary/aromatic N) is 2. The molecule has 33 heavy (non-hydrogen) atoms. The van der Waals surface area contributed by atoms with Gasteiger partial charge in [0.2, 0.25) is 0 Å². The highest BCUT2D eigenvalue weighted by atomic mass is 16.5. The SMILES string of the molecule is COc1ccc(CCN2CCc3cn(Cc4cc(C)ccc4C)c4cccc(c34)C2=O)cc1. The van der Waals surface area contributed by atoms with Gasteiger partial charge in [-0.15, -0.1) is 0 Å². The van der Waals surface area contributed by atoms with Crippen molar-refractivity contribution in [3.8, 4) is 5.75 Å². The summed E-state index contributed by atoms with van der Waals surface area (Å²) in [4.78, 5) is 15.5. The molecular formula is C29H30N2O2. The molecule has 168 valence electrons. The minimum absolute atomic E-state index is 0.136. The Kier molecular flexibility index (Phi) is 5.67. The molecule has 4 aromatic rings. The van der Waals surface area contributed by atoms with Crippen LogP contribution in [0.2, 0.25) is 0 Å². The number of aromatic nitrogens is 1. The first-order chi connectivity index (χ1) is 16.0. The van der Waals surface area contributed by atoms with Gasteiger partial charge in [0.15, 0.2) is 0 Å². The maximum Gasteiger partial charge on any atom is 0.254 e. The van der Waals surface area contributed by atoms with Crippen LogP contribution in [-0.4, -0.2) is 35.6 Å². The molecule has 1 aliphatic heterocycles. The summed E-state index contributed by atoms with van der Waals surface area (Å²) < 4.78 is 7.57. The van der Waals surface area contributed by atoms with Crippen molar-refractivity contribution in [1.82, 2.24) is 9.47 Å². The van der Waals surface area contributed by atoms with Gasteiger partial charge in [0, 0.05) is 42.3 Å². The largest absolute Gasteiger partial charge is 0.497 e. The Morgan fingerprint density at radius 3 is 2.61 bits per heavy atom. The van der Waals surface area contributed by atoms with Gasteiger partial charge in [-0.1, -0.05) is 42.0 Å². The molecule has 0 spiro atoms. The molecule has 5 rings (SSSR count). The molecule has 0 N–H and O–H groups in total.